The van der Waals surface area contributed by atoms with Crippen LogP contribution >= 0.6 is 12.6 Å². The maximum atomic E-state index is 5.33. The van der Waals surface area contributed by atoms with E-state index in [4.69, 9.17) is 4.74 Å². The predicted molar refractivity (Wildman–Crippen MR) is 53.3 cm³/mol. The molecule has 0 atom stereocenters. The van der Waals surface area contributed by atoms with Crippen LogP contribution in [0.2, 0.25) is 0 Å². The Hall–Kier alpha value is 0.0500. The SMILES string of the molecule is CC(C)CCOCC=CCS. The van der Waals surface area contributed by atoms with E-state index in [1.165, 1.54) is 0 Å². The Morgan fingerprint density at radius 3 is 2.64 bits per heavy atom. The van der Waals surface area contributed by atoms with Crippen LogP contribution in [0.4, 0.5) is 0 Å². The van der Waals surface area contributed by atoms with Crippen LogP contribution in [0.15, 0.2) is 12.2 Å². The van der Waals surface area contributed by atoms with Crippen LogP contribution in [-0.4, -0.2) is 19.0 Å². The van der Waals surface area contributed by atoms with Crippen LogP contribution in [0.25, 0.3) is 0 Å². The fraction of sp³-hybridized carbons (Fsp3) is 0.778. The molecule has 0 unspecified atom stereocenters. The molecule has 0 heterocycles. The molecule has 0 rings (SSSR count). The van der Waals surface area contributed by atoms with Crippen molar-refractivity contribution in [2.75, 3.05) is 19.0 Å². The normalized spacial score (nSPS) is 11.6. The van der Waals surface area contributed by atoms with E-state index in [1.54, 1.807) is 0 Å². The van der Waals surface area contributed by atoms with Gasteiger partial charge in [0.2, 0.25) is 0 Å². The maximum Gasteiger partial charge on any atom is 0.0647 e. The first-order chi connectivity index (χ1) is 5.27. The largest absolute Gasteiger partial charge is 0.377 e. The molecular weight excluding hydrogens is 156 g/mol. The number of hydrogen-bond donors (Lipinski definition) is 1. The van der Waals surface area contributed by atoms with E-state index in [2.05, 4.69) is 26.5 Å². The van der Waals surface area contributed by atoms with E-state index in [0.717, 1.165) is 31.3 Å². The molecule has 0 N–H and O–H groups in total. The lowest BCUT2D eigenvalue weighted by Gasteiger charge is -2.03. The van der Waals surface area contributed by atoms with Gasteiger partial charge in [0.05, 0.1) is 6.61 Å². The van der Waals surface area contributed by atoms with Crippen LogP contribution in [0.1, 0.15) is 20.3 Å². The molecule has 0 aliphatic carbocycles. The summed E-state index contributed by atoms with van der Waals surface area (Å²) in [6.07, 6.45) is 5.15. The van der Waals surface area contributed by atoms with Crippen LogP contribution in [0, 0.1) is 5.92 Å². The van der Waals surface area contributed by atoms with Crippen molar-refractivity contribution in [1.29, 1.82) is 0 Å². The zero-order valence-electron chi connectivity index (χ0n) is 7.42. The summed E-state index contributed by atoms with van der Waals surface area (Å²) in [6.45, 7) is 6.00. The Kier molecular flexibility index (Phi) is 8.19. The van der Waals surface area contributed by atoms with Gasteiger partial charge in [-0.2, -0.15) is 12.6 Å². The first-order valence-corrected chi connectivity index (χ1v) is 4.74. The topological polar surface area (TPSA) is 9.23 Å². The smallest absolute Gasteiger partial charge is 0.0647 e. The van der Waals surface area contributed by atoms with Crippen molar-refractivity contribution in [3.05, 3.63) is 12.2 Å². The van der Waals surface area contributed by atoms with Gasteiger partial charge >= 0.3 is 0 Å². The van der Waals surface area contributed by atoms with Gasteiger partial charge in [-0.15, -0.1) is 0 Å². The van der Waals surface area contributed by atoms with Crippen LogP contribution in [0.3, 0.4) is 0 Å². The van der Waals surface area contributed by atoms with E-state index >= 15 is 0 Å². The lowest BCUT2D eigenvalue weighted by molar-refractivity contribution is 0.149. The van der Waals surface area contributed by atoms with Gasteiger partial charge in [0.15, 0.2) is 0 Å². The Morgan fingerprint density at radius 1 is 1.36 bits per heavy atom. The van der Waals surface area contributed by atoms with Crippen molar-refractivity contribution in [2.24, 2.45) is 5.92 Å². The summed E-state index contributed by atoms with van der Waals surface area (Å²) < 4.78 is 5.33. The average Bonchev–Trinajstić information content (AvgIpc) is 1.96. The van der Waals surface area contributed by atoms with Crippen molar-refractivity contribution in [1.82, 2.24) is 0 Å². The molecule has 2 heteroatoms. The highest BCUT2D eigenvalue weighted by Crippen LogP contribution is 1.98. The molecule has 0 fully saturated rings. The van der Waals surface area contributed by atoms with Gasteiger partial charge in [-0.1, -0.05) is 26.0 Å². The van der Waals surface area contributed by atoms with Crippen molar-refractivity contribution in [3.63, 3.8) is 0 Å². The molecule has 0 aliphatic rings. The maximum absolute atomic E-state index is 5.33. The second-order valence-corrected chi connectivity index (χ2v) is 3.28. The van der Waals surface area contributed by atoms with Gasteiger partial charge in [-0.05, 0) is 12.3 Å². The van der Waals surface area contributed by atoms with Gasteiger partial charge in [0, 0.05) is 12.4 Å². The summed E-state index contributed by atoms with van der Waals surface area (Å²) in [5, 5.41) is 0. The van der Waals surface area contributed by atoms with Gasteiger partial charge in [0.25, 0.3) is 0 Å². The summed E-state index contributed by atoms with van der Waals surface area (Å²) in [7, 11) is 0. The predicted octanol–water partition coefficient (Wildman–Crippen LogP) is 2.54. The molecule has 0 aromatic rings. The summed E-state index contributed by atoms with van der Waals surface area (Å²) in [4.78, 5) is 0. The standard InChI is InChI=1S/C9H18OS/c1-9(2)5-7-10-6-3-4-8-11/h3-4,9,11H,5-8H2,1-2H3. The van der Waals surface area contributed by atoms with Gasteiger partial charge in [0.1, 0.15) is 0 Å². The molecule has 0 aromatic carbocycles. The number of hydrogen-bond acceptors (Lipinski definition) is 2. The molecule has 0 radical (unpaired) electrons. The molecule has 0 aromatic heterocycles. The third kappa shape index (κ3) is 10.1. The van der Waals surface area contributed by atoms with Crippen molar-refractivity contribution in [3.8, 4) is 0 Å². The molecule has 66 valence electrons. The van der Waals surface area contributed by atoms with E-state index in [-0.39, 0.29) is 0 Å². The summed E-state index contributed by atoms with van der Waals surface area (Å²) >= 11 is 4.04. The highest BCUT2D eigenvalue weighted by molar-refractivity contribution is 7.80. The fourth-order valence-corrected chi connectivity index (χ4v) is 0.762. The van der Waals surface area contributed by atoms with E-state index in [9.17, 15) is 0 Å². The molecule has 0 saturated heterocycles. The minimum atomic E-state index is 0.729. The lowest BCUT2D eigenvalue weighted by Crippen LogP contribution is -1.98. The minimum Gasteiger partial charge on any atom is -0.377 e. The Bertz CT molecular complexity index is 99.7. The monoisotopic (exact) mass is 174 g/mol. The molecule has 0 amide bonds. The number of thiol groups is 1. The molecule has 0 spiro atoms. The highest BCUT2D eigenvalue weighted by atomic mass is 32.1. The van der Waals surface area contributed by atoms with E-state index < -0.39 is 0 Å². The molecule has 11 heavy (non-hydrogen) atoms. The Balaban J connectivity index is 2.96. The van der Waals surface area contributed by atoms with Crippen LogP contribution in [-0.2, 0) is 4.74 Å². The molecule has 0 aliphatic heterocycles. The van der Waals surface area contributed by atoms with Gasteiger partial charge < -0.3 is 4.74 Å². The minimum absolute atomic E-state index is 0.729. The quantitative estimate of drug-likeness (QED) is 0.370. The second-order valence-electron chi connectivity index (χ2n) is 2.91. The molecule has 0 saturated carbocycles. The van der Waals surface area contributed by atoms with Crippen molar-refractivity contribution in [2.45, 2.75) is 20.3 Å². The summed E-state index contributed by atoms with van der Waals surface area (Å²) in [5.74, 6) is 1.54. The number of ether oxygens (including phenoxy) is 1. The summed E-state index contributed by atoms with van der Waals surface area (Å²) in [6, 6.07) is 0. The first-order valence-electron chi connectivity index (χ1n) is 4.11. The van der Waals surface area contributed by atoms with E-state index in [0.29, 0.717) is 0 Å². The fourth-order valence-electron chi connectivity index (χ4n) is 0.613. The molecular formula is C9H18OS. The summed E-state index contributed by atoms with van der Waals surface area (Å²) in [5.41, 5.74) is 0. The second kappa shape index (κ2) is 8.15. The lowest BCUT2D eigenvalue weighted by atomic mass is 10.1. The number of rotatable bonds is 6. The van der Waals surface area contributed by atoms with Gasteiger partial charge in [-0.3, -0.25) is 0 Å². The Morgan fingerprint density at radius 2 is 2.09 bits per heavy atom. The van der Waals surface area contributed by atoms with Crippen LogP contribution < -0.4 is 0 Å². The van der Waals surface area contributed by atoms with Crippen molar-refractivity contribution >= 4 is 12.6 Å². The molecule has 1 nitrogen and oxygen atoms in total. The third-order valence-corrected chi connectivity index (χ3v) is 1.54. The highest BCUT2D eigenvalue weighted by Gasteiger charge is 1.91. The molecule has 0 bridgehead atoms. The zero-order chi connectivity index (χ0) is 8.53. The Labute approximate surface area is 75.2 Å². The van der Waals surface area contributed by atoms with Crippen molar-refractivity contribution < 1.29 is 4.74 Å². The first kappa shape index (κ1) is 11.1. The third-order valence-electron chi connectivity index (χ3n) is 1.33. The van der Waals surface area contributed by atoms with Gasteiger partial charge in [-0.25, -0.2) is 0 Å². The average molecular weight is 174 g/mol. The zero-order valence-corrected chi connectivity index (χ0v) is 8.31. The van der Waals surface area contributed by atoms with Crippen LogP contribution in [0.5, 0.6) is 0 Å². The van der Waals surface area contributed by atoms with E-state index in [1.807, 2.05) is 12.2 Å².